The minimum absolute atomic E-state index is 0.759. The first kappa shape index (κ1) is 24.3. The van der Waals surface area contributed by atoms with Gasteiger partial charge in [0.25, 0.3) is 0 Å². The molecule has 3 aromatic carbocycles. The van der Waals surface area contributed by atoms with E-state index in [4.69, 9.17) is 4.74 Å². The number of rotatable bonds is 13. The Kier molecular flexibility index (Phi) is 10.3. The largest absolute Gasteiger partial charge is 0.494 e. The molecule has 0 aliphatic heterocycles. The SMILES string of the molecule is CCCCCCOc1ccc(N=Nc2ccc(N=Nc3ccc(CCCC)cc3)cc2)cc1. The molecule has 0 saturated carbocycles. The zero-order chi connectivity index (χ0) is 23.1. The van der Waals surface area contributed by atoms with Gasteiger partial charge in [0.05, 0.1) is 29.4 Å². The van der Waals surface area contributed by atoms with E-state index in [2.05, 4.69) is 46.4 Å². The predicted molar refractivity (Wildman–Crippen MR) is 136 cm³/mol. The molecular formula is C28H34N4O. The van der Waals surface area contributed by atoms with Crippen molar-refractivity contribution in [3.63, 3.8) is 0 Å². The molecule has 0 spiro atoms. The van der Waals surface area contributed by atoms with Crippen LogP contribution in [0.25, 0.3) is 0 Å². The van der Waals surface area contributed by atoms with Gasteiger partial charge >= 0.3 is 0 Å². The lowest BCUT2D eigenvalue weighted by Gasteiger charge is -2.05. The van der Waals surface area contributed by atoms with Crippen LogP contribution >= 0.6 is 0 Å². The third-order valence-corrected chi connectivity index (χ3v) is 5.27. The average molecular weight is 443 g/mol. The van der Waals surface area contributed by atoms with Crippen molar-refractivity contribution in [2.24, 2.45) is 20.5 Å². The summed E-state index contributed by atoms with van der Waals surface area (Å²) >= 11 is 0. The normalized spacial score (nSPS) is 11.5. The molecule has 0 bridgehead atoms. The average Bonchev–Trinajstić information content (AvgIpc) is 2.87. The van der Waals surface area contributed by atoms with E-state index in [1.54, 1.807) is 0 Å². The third kappa shape index (κ3) is 8.97. The lowest BCUT2D eigenvalue weighted by Crippen LogP contribution is -1.96. The van der Waals surface area contributed by atoms with Crippen molar-refractivity contribution >= 4 is 22.7 Å². The van der Waals surface area contributed by atoms with Gasteiger partial charge in [0, 0.05) is 0 Å². The lowest BCUT2D eigenvalue weighted by molar-refractivity contribution is 0.305. The van der Waals surface area contributed by atoms with Crippen LogP contribution in [-0.2, 0) is 6.42 Å². The van der Waals surface area contributed by atoms with Gasteiger partial charge in [-0.05, 0) is 85.5 Å². The maximum Gasteiger partial charge on any atom is 0.119 e. The van der Waals surface area contributed by atoms with E-state index in [9.17, 15) is 0 Å². The zero-order valence-electron chi connectivity index (χ0n) is 19.8. The van der Waals surface area contributed by atoms with Crippen LogP contribution in [-0.4, -0.2) is 6.61 Å². The molecule has 0 aromatic heterocycles. The first-order chi connectivity index (χ1) is 16.3. The van der Waals surface area contributed by atoms with Crippen LogP contribution in [0.1, 0.15) is 57.9 Å². The molecule has 3 rings (SSSR count). The summed E-state index contributed by atoms with van der Waals surface area (Å²) in [5.41, 5.74) is 4.54. The minimum atomic E-state index is 0.759. The van der Waals surface area contributed by atoms with Crippen molar-refractivity contribution < 1.29 is 4.74 Å². The predicted octanol–water partition coefficient (Wildman–Crippen LogP) is 9.82. The summed E-state index contributed by atoms with van der Waals surface area (Å²) in [5.74, 6) is 0.871. The van der Waals surface area contributed by atoms with Crippen LogP contribution in [0.5, 0.6) is 5.75 Å². The van der Waals surface area contributed by atoms with Gasteiger partial charge in [-0.25, -0.2) is 0 Å². The number of hydrogen-bond donors (Lipinski definition) is 0. The Labute approximate surface area is 197 Å². The Morgan fingerprint density at radius 2 is 0.970 bits per heavy atom. The van der Waals surface area contributed by atoms with Gasteiger partial charge in [0.1, 0.15) is 5.75 Å². The smallest absolute Gasteiger partial charge is 0.119 e. The lowest BCUT2D eigenvalue weighted by atomic mass is 10.1. The highest BCUT2D eigenvalue weighted by Crippen LogP contribution is 2.25. The Bertz CT molecular complexity index is 994. The summed E-state index contributed by atoms with van der Waals surface area (Å²) in [5, 5.41) is 17.3. The molecule has 0 heterocycles. The van der Waals surface area contributed by atoms with E-state index in [-0.39, 0.29) is 0 Å². The van der Waals surface area contributed by atoms with Crippen LogP contribution in [0.2, 0.25) is 0 Å². The van der Waals surface area contributed by atoms with E-state index < -0.39 is 0 Å². The molecule has 0 saturated heterocycles. The highest BCUT2D eigenvalue weighted by molar-refractivity contribution is 5.48. The van der Waals surface area contributed by atoms with Gasteiger partial charge in [-0.3, -0.25) is 0 Å². The number of benzene rings is 3. The molecule has 0 unspecified atom stereocenters. The molecule has 0 amide bonds. The maximum absolute atomic E-state index is 5.77. The fraction of sp³-hybridized carbons (Fsp3) is 0.357. The number of azo groups is 2. The Balaban J connectivity index is 1.48. The van der Waals surface area contributed by atoms with Gasteiger partial charge in [0.2, 0.25) is 0 Å². The molecule has 33 heavy (non-hydrogen) atoms. The molecule has 0 atom stereocenters. The van der Waals surface area contributed by atoms with E-state index in [0.29, 0.717) is 0 Å². The summed E-state index contributed by atoms with van der Waals surface area (Å²) in [6.45, 7) is 5.18. The van der Waals surface area contributed by atoms with Crippen molar-refractivity contribution in [3.8, 4) is 5.75 Å². The van der Waals surface area contributed by atoms with Gasteiger partial charge in [-0.15, -0.1) is 0 Å². The van der Waals surface area contributed by atoms with E-state index in [1.165, 1.54) is 37.7 Å². The zero-order valence-corrected chi connectivity index (χ0v) is 19.8. The summed E-state index contributed by atoms with van der Waals surface area (Å²) in [6.07, 6.45) is 8.34. The quantitative estimate of drug-likeness (QED) is 0.192. The molecule has 0 aliphatic rings. The molecule has 0 aliphatic carbocycles. The first-order valence-corrected chi connectivity index (χ1v) is 12.0. The van der Waals surface area contributed by atoms with E-state index in [0.717, 1.165) is 47.9 Å². The second-order valence-electron chi connectivity index (χ2n) is 8.09. The molecule has 5 heteroatoms. The van der Waals surface area contributed by atoms with Crippen molar-refractivity contribution in [3.05, 3.63) is 78.4 Å². The van der Waals surface area contributed by atoms with Crippen molar-refractivity contribution in [1.82, 2.24) is 0 Å². The number of ether oxygens (including phenoxy) is 1. The summed E-state index contributed by atoms with van der Waals surface area (Å²) in [7, 11) is 0. The van der Waals surface area contributed by atoms with Gasteiger partial charge < -0.3 is 4.74 Å². The summed E-state index contributed by atoms with van der Waals surface area (Å²) in [6, 6.07) is 23.5. The summed E-state index contributed by atoms with van der Waals surface area (Å²) in [4.78, 5) is 0. The third-order valence-electron chi connectivity index (χ3n) is 5.27. The highest BCUT2D eigenvalue weighted by Gasteiger charge is 1.97. The molecule has 0 fully saturated rings. The van der Waals surface area contributed by atoms with E-state index >= 15 is 0 Å². The van der Waals surface area contributed by atoms with Crippen LogP contribution in [0.15, 0.2) is 93.3 Å². The number of hydrogen-bond acceptors (Lipinski definition) is 5. The Morgan fingerprint density at radius 3 is 1.45 bits per heavy atom. The van der Waals surface area contributed by atoms with Crippen molar-refractivity contribution in [2.75, 3.05) is 6.61 Å². The number of nitrogens with zero attached hydrogens (tertiary/aromatic N) is 4. The second-order valence-corrected chi connectivity index (χ2v) is 8.09. The number of unbranched alkanes of at least 4 members (excludes halogenated alkanes) is 4. The van der Waals surface area contributed by atoms with E-state index in [1.807, 2.05) is 60.7 Å². The molecule has 5 nitrogen and oxygen atoms in total. The second kappa shape index (κ2) is 13.9. The standard InChI is InChI=1S/C28H34N4O/c1-3-5-7-8-22-33-28-20-18-27(19-21-28)32-31-26-16-14-25(15-17-26)30-29-24-12-10-23(11-13-24)9-6-4-2/h10-21H,3-9,22H2,1-2H3. The molecule has 0 radical (unpaired) electrons. The Morgan fingerprint density at radius 1 is 0.515 bits per heavy atom. The van der Waals surface area contributed by atoms with Crippen LogP contribution in [0.4, 0.5) is 22.7 Å². The van der Waals surface area contributed by atoms with Gasteiger partial charge in [-0.2, -0.15) is 20.5 Å². The summed E-state index contributed by atoms with van der Waals surface area (Å²) < 4.78 is 5.77. The molecular weight excluding hydrogens is 408 g/mol. The minimum Gasteiger partial charge on any atom is -0.494 e. The fourth-order valence-electron chi connectivity index (χ4n) is 3.25. The topological polar surface area (TPSA) is 58.7 Å². The monoisotopic (exact) mass is 442 g/mol. The molecule has 3 aromatic rings. The van der Waals surface area contributed by atoms with Crippen LogP contribution < -0.4 is 4.74 Å². The molecule has 172 valence electrons. The van der Waals surface area contributed by atoms with Crippen molar-refractivity contribution in [1.29, 1.82) is 0 Å². The Hall–Kier alpha value is -3.34. The maximum atomic E-state index is 5.77. The van der Waals surface area contributed by atoms with Crippen LogP contribution in [0.3, 0.4) is 0 Å². The fourth-order valence-corrected chi connectivity index (χ4v) is 3.25. The van der Waals surface area contributed by atoms with Crippen LogP contribution in [0, 0.1) is 0 Å². The van der Waals surface area contributed by atoms with Gasteiger partial charge in [0.15, 0.2) is 0 Å². The van der Waals surface area contributed by atoms with Gasteiger partial charge in [-0.1, -0.05) is 51.7 Å². The number of aryl methyl sites for hydroxylation is 1. The van der Waals surface area contributed by atoms with Crippen molar-refractivity contribution in [2.45, 2.75) is 58.8 Å². The highest BCUT2D eigenvalue weighted by atomic mass is 16.5. The first-order valence-electron chi connectivity index (χ1n) is 12.0. The molecule has 0 N–H and O–H groups in total.